The van der Waals surface area contributed by atoms with Crippen molar-refractivity contribution in [2.75, 3.05) is 13.1 Å². The van der Waals surface area contributed by atoms with Gasteiger partial charge < -0.3 is 26.0 Å². The Morgan fingerprint density at radius 2 is 1.71 bits per heavy atom. The highest BCUT2D eigenvalue weighted by molar-refractivity contribution is 6.38. The van der Waals surface area contributed by atoms with Crippen LogP contribution in [-0.4, -0.2) is 74.7 Å². The molecule has 2 heterocycles. The number of amides is 4. The van der Waals surface area contributed by atoms with Crippen molar-refractivity contribution >= 4 is 29.6 Å². The zero-order chi connectivity index (χ0) is 26.1. The second kappa shape index (κ2) is 12.8. The Labute approximate surface area is 204 Å². The number of hydrogen-bond donors (Lipinski definition) is 4. The molecule has 192 valence electrons. The van der Waals surface area contributed by atoms with Gasteiger partial charge in [-0.1, -0.05) is 34.1 Å². The number of nitrogens with one attached hydrogen (secondary N) is 3. The topological polar surface area (TPSA) is 171 Å². The van der Waals surface area contributed by atoms with Gasteiger partial charge in [0.05, 0.1) is 12.0 Å². The van der Waals surface area contributed by atoms with Crippen molar-refractivity contribution in [3.8, 4) is 0 Å². The van der Waals surface area contributed by atoms with Crippen molar-refractivity contribution in [3.05, 3.63) is 24.3 Å². The molecule has 0 aromatic carbocycles. The fraction of sp³-hybridized carbons (Fsp3) is 0.609. The van der Waals surface area contributed by atoms with Gasteiger partial charge >= 0.3 is 6.09 Å². The molecule has 0 aliphatic carbocycles. The fourth-order valence-corrected chi connectivity index (χ4v) is 3.66. The lowest BCUT2D eigenvalue weighted by molar-refractivity contribution is -0.153. The molecule has 0 saturated carbocycles. The molecule has 3 unspecified atom stereocenters. The van der Waals surface area contributed by atoms with Crippen LogP contribution in [0.3, 0.4) is 0 Å². The van der Waals surface area contributed by atoms with E-state index in [9.17, 15) is 24.0 Å². The Hall–Kier alpha value is -3.57. The zero-order valence-electron chi connectivity index (χ0n) is 20.5. The minimum Gasteiger partial charge on any atom is -0.465 e. The van der Waals surface area contributed by atoms with Crippen molar-refractivity contribution in [2.45, 2.75) is 59.2 Å². The summed E-state index contributed by atoms with van der Waals surface area (Å²) >= 11 is 0. The highest BCUT2D eigenvalue weighted by Gasteiger charge is 2.41. The third kappa shape index (κ3) is 8.01. The summed E-state index contributed by atoms with van der Waals surface area (Å²) in [6.45, 7) is 7.69. The van der Waals surface area contributed by atoms with Crippen molar-refractivity contribution in [1.82, 2.24) is 30.8 Å². The average molecular weight is 491 g/mol. The minimum atomic E-state index is -1.35. The van der Waals surface area contributed by atoms with Gasteiger partial charge in [-0.15, -0.1) is 0 Å². The number of carbonyl (C=O) groups excluding carboxylic acids is 4. The second-order valence-corrected chi connectivity index (χ2v) is 9.24. The second-order valence-electron chi connectivity index (χ2n) is 9.24. The van der Waals surface area contributed by atoms with Gasteiger partial charge in [0.25, 0.3) is 5.91 Å². The first-order chi connectivity index (χ1) is 16.5. The van der Waals surface area contributed by atoms with E-state index < -0.39 is 41.7 Å². The number of carboxylic acid groups (broad SMARTS) is 1. The number of rotatable bonds is 12. The molecule has 4 amide bonds. The van der Waals surface area contributed by atoms with E-state index in [0.717, 1.165) is 5.56 Å². The van der Waals surface area contributed by atoms with Crippen LogP contribution < -0.4 is 16.0 Å². The molecule has 3 atom stereocenters. The summed E-state index contributed by atoms with van der Waals surface area (Å²) in [7, 11) is 0. The number of nitrogens with zero attached hydrogens (tertiary/aromatic N) is 3. The minimum absolute atomic E-state index is 0.0237. The molecule has 1 aromatic rings. The van der Waals surface area contributed by atoms with Crippen LogP contribution in [-0.2, 0) is 25.7 Å². The Bertz CT molecular complexity index is 918. The van der Waals surface area contributed by atoms with E-state index in [2.05, 4.69) is 25.9 Å². The van der Waals surface area contributed by atoms with Gasteiger partial charge in [-0.2, -0.15) is 0 Å². The van der Waals surface area contributed by atoms with E-state index in [1.165, 1.54) is 11.2 Å². The van der Waals surface area contributed by atoms with Gasteiger partial charge in [-0.05, 0) is 18.3 Å². The summed E-state index contributed by atoms with van der Waals surface area (Å²) in [5, 5.41) is 16.6. The number of ketones is 1. The van der Waals surface area contributed by atoms with Crippen LogP contribution in [0.2, 0.25) is 0 Å². The molecule has 1 saturated heterocycles. The summed E-state index contributed by atoms with van der Waals surface area (Å²) in [5.41, 5.74) is 0.739. The smallest absolute Gasteiger partial charge is 0.405 e. The van der Waals surface area contributed by atoms with Crippen molar-refractivity contribution in [3.63, 3.8) is 0 Å². The standard InChI is InChI=1S/C23H34N6O6/c1-5-14(4)18(28-21(32)17(6-13(2)3)27-23(34)35)19(30)22(33)29-10-16(11-29)20(31)26-9-15-7-24-12-25-8-15/h7-8,12-14,16-18,27H,5-6,9-11H2,1-4H3,(H,26,31)(H,28,32)(H,34,35). The zero-order valence-corrected chi connectivity index (χ0v) is 20.5. The summed E-state index contributed by atoms with van der Waals surface area (Å²) < 4.78 is 0. The van der Waals surface area contributed by atoms with Crippen LogP contribution in [0.4, 0.5) is 4.79 Å². The normalized spacial score (nSPS) is 16.0. The first-order valence-electron chi connectivity index (χ1n) is 11.7. The van der Waals surface area contributed by atoms with E-state index in [0.29, 0.717) is 6.42 Å². The van der Waals surface area contributed by atoms with E-state index in [-0.39, 0.29) is 43.8 Å². The average Bonchev–Trinajstić information content (AvgIpc) is 2.78. The first-order valence-corrected chi connectivity index (χ1v) is 11.7. The molecule has 1 aromatic heterocycles. The molecule has 1 fully saturated rings. The molecule has 12 heteroatoms. The van der Waals surface area contributed by atoms with Crippen molar-refractivity contribution < 1.29 is 29.1 Å². The van der Waals surface area contributed by atoms with Crippen LogP contribution >= 0.6 is 0 Å². The molecule has 1 aliphatic rings. The number of Topliss-reactive ketones (excluding diaryl/α,β-unsaturated/α-hetero) is 1. The Morgan fingerprint density at radius 3 is 2.26 bits per heavy atom. The van der Waals surface area contributed by atoms with Gasteiger partial charge in [-0.25, -0.2) is 14.8 Å². The van der Waals surface area contributed by atoms with Gasteiger partial charge in [0, 0.05) is 37.6 Å². The molecule has 0 bridgehead atoms. The summed E-state index contributed by atoms with van der Waals surface area (Å²) in [6.07, 6.45) is 3.97. The molecule has 0 spiro atoms. The number of hydrogen-bond acceptors (Lipinski definition) is 7. The number of carbonyl (C=O) groups is 5. The quantitative estimate of drug-likeness (QED) is 0.304. The monoisotopic (exact) mass is 490 g/mol. The van der Waals surface area contributed by atoms with Crippen molar-refractivity contribution in [2.24, 2.45) is 17.8 Å². The van der Waals surface area contributed by atoms with Crippen LogP contribution in [0.15, 0.2) is 18.7 Å². The predicted molar refractivity (Wildman–Crippen MR) is 125 cm³/mol. The maximum Gasteiger partial charge on any atom is 0.405 e. The first kappa shape index (κ1) is 27.7. The molecule has 35 heavy (non-hydrogen) atoms. The van der Waals surface area contributed by atoms with Crippen LogP contribution in [0.25, 0.3) is 0 Å². The predicted octanol–water partition coefficient (Wildman–Crippen LogP) is 0.334. The maximum absolute atomic E-state index is 13.0. The van der Waals surface area contributed by atoms with Gasteiger partial charge in [0.15, 0.2) is 0 Å². The van der Waals surface area contributed by atoms with Gasteiger partial charge in [0.1, 0.15) is 12.4 Å². The Balaban J connectivity index is 1.96. The maximum atomic E-state index is 13.0. The highest BCUT2D eigenvalue weighted by atomic mass is 16.4. The molecule has 2 rings (SSSR count). The SMILES string of the molecule is CCC(C)C(NC(=O)C(CC(C)C)NC(=O)O)C(=O)C(=O)N1CC(C(=O)NCc2cncnc2)C1. The number of likely N-dealkylation sites (tertiary alicyclic amines) is 1. The Morgan fingerprint density at radius 1 is 1.09 bits per heavy atom. The lowest BCUT2D eigenvalue weighted by Gasteiger charge is -2.38. The van der Waals surface area contributed by atoms with Crippen molar-refractivity contribution in [1.29, 1.82) is 0 Å². The van der Waals surface area contributed by atoms with E-state index >= 15 is 0 Å². The third-order valence-electron chi connectivity index (χ3n) is 5.95. The van der Waals surface area contributed by atoms with Gasteiger partial charge in [-0.3, -0.25) is 19.2 Å². The lowest BCUT2D eigenvalue weighted by atomic mass is 9.91. The number of aromatic nitrogens is 2. The van der Waals surface area contributed by atoms with Crippen LogP contribution in [0.5, 0.6) is 0 Å². The van der Waals surface area contributed by atoms with Crippen LogP contribution in [0.1, 0.15) is 46.1 Å². The third-order valence-corrected chi connectivity index (χ3v) is 5.95. The summed E-state index contributed by atoms with van der Waals surface area (Å²) in [6, 6.07) is -2.15. The largest absolute Gasteiger partial charge is 0.465 e. The molecule has 1 aliphatic heterocycles. The summed E-state index contributed by atoms with van der Waals surface area (Å²) in [4.78, 5) is 71.1. The summed E-state index contributed by atoms with van der Waals surface area (Å²) in [5.74, 6) is -3.23. The van der Waals surface area contributed by atoms with Crippen LogP contribution in [0, 0.1) is 17.8 Å². The Kier molecular flexibility index (Phi) is 10.1. The molecular weight excluding hydrogens is 456 g/mol. The molecule has 0 radical (unpaired) electrons. The van der Waals surface area contributed by atoms with E-state index in [1.54, 1.807) is 19.3 Å². The van der Waals surface area contributed by atoms with E-state index in [4.69, 9.17) is 5.11 Å². The van der Waals surface area contributed by atoms with Gasteiger partial charge in [0.2, 0.25) is 17.6 Å². The van der Waals surface area contributed by atoms with E-state index in [1.807, 2.05) is 20.8 Å². The highest BCUT2D eigenvalue weighted by Crippen LogP contribution is 2.19. The lowest BCUT2D eigenvalue weighted by Crippen LogP contribution is -2.61. The molecule has 12 nitrogen and oxygen atoms in total. The molecule has 4 N–H and O–H groups in total. The molecular formula is C23H34N6O6. The fourth-order valence-electron chi connectivity index (χ4n) is 3.66.